The van der Waals surface area contributed by atoms with Gasteiger partial charge in [0, 0.05) is 25.7 Å². The summed E-state index contributed by atoms with van der Waals surface area (Å²) in [4.78, 5) is 2.34. The van der Waals surface area contributed by atoms with Gasteiger partial charge in [0.25, 0.3) is 0 Å². The van der Waals surface area contributed by atoms with Crippen LogP contribution < -0.4 is 5.32 Å². The minimum atomic E-state index is -0.225. The van der Waals surface area contributed by atoms with Gasteiger partial charge in [-0.3, -0.25) is 4.90 Å². The second-order valence-corrected chi connectivity index (χ2v) is 5.04. The highest BCUT2D eigenvalue weighted by molar-refractivity contribution is 4.89. The molecule has 2 atom stereocenters. The summed E-state index contributed by atoms with van der Waals surface area (Å²) in [5.41, 5.74) is 0. The number of nitrogens with zero attached hydrogens (tertiary/aromatic N) is 2. The maximum Gasteiger partial charge on any atom is 0.156 e. The van der Waals surface area contributed by atoms with Crippen molar-refractivity contribution in [3.63, 3.8) is 0 Å². The fraction of sp³-hybridized carbons (Fsp3) is 0.917. The van der Waals surface area contributed by atoms with Crippen LogP contribution in [-0.4, -0.2) is 49.8 Å². The average Bonchev–Trinajstić information content (AvgIpc) is 3.10. The lowest BCUT2D eigenvalue weighted by Crippen LogP contribution is -2.44. The maximum atomic E-state index is 8.81. The normalized spacial score (nSPS) is 28.6. The Labute approximate surface area is 97.6 Å². The highest BCUT2D eigenvalue weighted by Crippen LogP contribution is 2.19. The molecule has 0 amide bonds. The van der Waals surface area contributed by atoms with E-state index in [1.807, 2.05) is 0 Å². The molecule has 0 aromatic rings. The largest absolute Gasteiger partial charge is 0.361 e. The summed E-state index contributed by atoms with van der Waals surface area (Å²) in [6.45, 7) is 6.87. The predicted molar refractivity (Wildman–Crippen MR) is 62.0 cm³/mol. The summed E-state index contributed by atoms with van der Waals surface area (Å²) in [6, 6.07) is 2.98. The van der Waals surface area contributed by atoms with E-state index in [0.717, 1.165) is 32.2 Å². The van der Waals surface area contributed by atoms with Crippen molar-refractivity contribution >= 4 is 0 Å². The maximum absolute atomic E-state index is 8.81. The zero-order valence-electron chi connectivity index (χ0n) is 9.98. The summed E-state index contributed by atoms with van der Waals surface area (Å²) in [5.74, 6) is 0.651. The van der Waals surface area contributed by atoms with Gasteiger partial charge in [0.2, 0.25) is 0 Å². The summed E-state index contributed by atoms with van der Waals surface area (Å²) in [5, 5.41) is 12.4. The minimum absolute atomic E-state index is 0.225. The molecule has 0 bridgehead atoms. The Kier molecular flexibility index (Phi) is 4.16. The molecular weight excluding hydrogens is 202 g/mol. The number of nitriles is 1. The van der Waals surface area contributed by atoms with E-state index in [-0.39, 0.29) is 6.10 Å². The molecule has 2 fully saturated rings. The van der Waals surface area contributed by atoms with Gasteiger partial charge in [0.1, 0.15) is 0 Å². The predicted octanol–water partition coefficient (Wildman–Crippen LogP) is 0.599. The monoisotopic (exact) mass is 223 g/mol. The highest BCUT2D eigenvalue weighted by Gasteiger charge is 2.23. The van der Waals surface area contributed by atoms with E-state index in [9.17, 15) is 0 Å². The Hall–Kier alpha value is -0.630. The molecule has 0 spiro atoms. The van der Waals surface area contributed by atoms with E-state index in [1.54, 1.807) is 0 Å². The lowest BCUT2D eigenvalue weighted by atomic mass is 10.1. The molecule has 1 aliphatic heterocycles. The molecule has 0 radical (unpaired) electrons. The van der Waals surface area contributed by atoms with Crippen LogP contribution in [0.3, 0.4) is 0 Å². The molecule has 4 heteroatoms. The van der Waals surface area contributed by atoms with Gasteiger partial charge >= 0.3 is 0 Å². The van der Waals surface area contributed by atoms with Crippen molar-refractivity contribution in [2.45, 2.75) is 31.9 Å². The summed E-state index contributed by atoms with van der Waals surface area (Å²) in [6.07, 6.45) is 2.47. The van der Waals surface area contributed by atoms with Crippen LogP contribution in [0.5, 0.6) is 0 Å². The second-order valence-electron chi connectivity index (χ2n) is 5.04. The van der Waals surface area contributed by atoms with Crippen LogP contribution in [0.2, 0.25) is 0 Å². The molecule has 1 saturated heterocycles. The van der Waals surface area contributed by atoms with Gasteiger partial charge in [-0.25, -0.2) is 0 Å². The van der Waals surface area contributed by atoms with Gasteiger partial charge in [-0.15, -0.1) is 0 Å². The molecule has 2 unspecified atom stereocenters. The van der Waals surface area contributed by atoms with Crippen molar-refractivity contribution in [2.24, 2.45) is 5.92 Å². The molecule has 1 saturated carbocycles. The lowest BCUT2D eigenvalue weighted by molar-refractivity contribution is -0.00412. The molecule has 90 valence electrons. The molecular formula is C12H21N3O. The van der Waals surface area contributed by atoms with Crippen molar-refractivity contribution in [3.05, 3.63) is 0 Å². The van der Waals surface area contributed by atoms with E-state index in [0.29, 0.717) is 12.5 Å². The Morgan fingerprint density at radius 3 is 3.06 bits per heavy atom. The summed E-state index contributed by atoms with van der Waals surface area (Å²) >= 11 is 0. The van der Waals surface area contributed by atoms with E-state index in [1.165, 1.54) is 12.8 Å². The van der Waals surface area contributed by atoms with Gasteiger partial charge in [0.15, 0.2) is 6.10 Å². The molecule has 1 aliphatic carbocycles. The second kappa shape index (κ2) is 5.62. The summed E-state index contributed by atoms with van der Waals surface area (Å²) < 4.78 is 5.33. The van der Waals surface area contributed by atoms with Crippen molar-refractivity contribution in [3.8, 4) is 6.07 Å². The molecule has 2 aliphatic rings. The van der Waals surface area contributed by atoms with Gasteiger partial charge < -0.3 is 10.1 Å². The lowest BCUT2D eigenvalue weighted by Gasteiger charge is -2.31. The van der Waals surface area contributed by atoms with Crippen molar-refractivity contribution in [1.82, 2.24) is 10.2 Å². The van der Waals surface area contributed by atoms with Crippen LogP contribution in [0.1, 0.15) is 19.8 Å². The van der Waals surface area contributed by atoms with Crippen molar-refractivity contribution in [2.75, 3.05) is 32.8 Å². The zero-order chi connectivity index (χ0) is 11.4. The van der Waals surface area contributed by atoms with Crippen LogP contribution >= 0.6 is 0 Å². The van der Waals surface area contributed by atoms with Gasteiger partial charge in [-0.1, -0.05) is 6.92 Å². The number of hydrogen-bond donors (Lipinski definition) is 1. The third-order valence-corrected chi connectivity index (χ3v) is 3.20. The van der Waals surface area contributed by atoms with Gasteiger partial charge in [0.05, 0.1) is 12.7 Å². The first kappa shape index (κ1) is 11.8. The Balaban J connectivity index is 1.64. The highest BCUT2D eigenvalue weighted by atomic mass is 16.5. The number of rotatable bonds is 5. The third kappa shape index (κ3) is 3.75. The topological polar surface area (TPSA) is 48.3 Å². The first-order chi connectivity index (χ1) is 7.78. The quantitative estimate of drug-likeness (QED) is 0.741. The van der Waals surface area contributed by atoms with Crippen LogP contribution in [0, 0.1) is 17.2 Å². The van der Waals surface area contributed by atoms with E-state index in [4.69, 9.17) is 10.00 Å². The first-order valence-corrected chi connectivity index (χ1v) is 6.25. The molecule has 4 nitrogen and oxygen atoms in total. The molecule has 0 aromatic carbocycles. The van der Waals surface area contributed by atoms with Crippen molar-refractivity contribution < 1.29 is 4.74 Å². The van der Waals surface area contributed by atoms with Crippen molar-refractivity contribution in [1.29, 1.82) is 5.26 Å². The third-order valence-electron chi connectivity index (χ3n) is 3.20. The van der Waals surface area contributed by atoms with Crippen LogP contribution in [0.15, 0.2) is 0 Å². The van der Waals surface area contributed by atoms with E-state index in [2.05, 4.69) is 23.2 Å². The first-order valence-electron chi connectivity index (χ1n) is 6.25. The summed E-state index contributed by atoms with van der Waals surface area (Å²) in [7, 11) is 0. The smallest absolute Gasteiger partial charge is 0.156 e. The van der Waals surface area contributed by atoms with Crippen LogP contribution in [0.25, 0.3) is 0 Å². The molecule has 16 heavy (non-hydrogen) atoms. The number of morpholine rings is 1. The fourth-order valence-corrected chi connectivity index (χ4v) is 2.11. The Morgan fingerprint density at radius 1 is 1.56 bits per heavy atom. The number of hydrogen-bond acceptors (Lipinski definition) is 4. The number of nitrogens with one attached hydrogen (secondary N) is 1. The van der Waals surface area contributed by atoms with Gasteiger partial charge in [-0.2, -0.15) is 5.26 Å². The average molecular weight is 223 g/mol. The number of ether oxygens (including phenoxy) is 1. The van der Waals surface area contributed by atoms with Gasteiger partial charge in [-0.05, 0) is 25.3 Å². The SMILES string of the molecule is CC(CNC1CC1)CN1CCOC(C#N)C1. The van der Waals surface area contributed by atoms with Crippen LogP contribution in [-0.2, 0) is 4.74 Å². The fourth-order valence-electron chi connectivity index (χ4n) is 2.11. The zero-order valence-corrected chi connectivity index (χ0v) is 9.98. The molecule has 1 heterocycles. The van der Waals surface area contributed by atoms with Crippen LogP contribution in [0.4, 0.5) is 0 Å². The van der Waals surface area contributed by atoms with E-state index >= 15 is 0 Å². The standard InChI is InChI=1S/C12H21N3O/c1-10(7-14-11-2-3-11)8-15-4-5-16-12(6-13)9-15/h10-12,14H,2-5,7-9H2,1H3. The molecule has 2 rings (SSSR count). The Morgan fingerprint density at radius 2 is 2.38 bits per heavy atom. The minimum Gasteiger partial charge on any atom is -0.361 e. The molecule has 0 aromatic heterocycles. The molecule has 1 N–H and O–H groups in total. The Bertz CT molecular complexity index is 259. The van der Waals surface area contributed by atoms with E-state index < -0.39 is 0 Å².